The molecule has 0 unspecified atom stereocenters. The molecule has 1 saturated heterocycles. The van der Waals surface area contributed by atoms with Crippen LogP contribution in [-0.2, 0) is 33.9 Å². The number of allylic oxidation sites excluding steroid dienone is 1. The van der Waals surface area contributed by atoms with Crippen LogP contribution in [0.5, 0.6) is 5.75 Å². The van der Waals surface area contributed by atoms with Crippen LogP contribution in [0.2, 0.25) is 0 Å². The van der Waals surface area contributed by atoms with Crippen molar-refractivity contribution in [2.45, 2.75) is 38.0 Å². The number of β-lactam (4-membered cyclic amide) rings is 1. The first-order chi connectivity index (χ1) is 22.6. The monoisotopic (exact) mass is 709 g/mol. The number of aromatic nitrogens is 1. The van der Waals surface area contributed by atoms with Crippen molar-refractivity contribution in [3.63, 3.8) is 0 Å². The number of nitrogens with one attached hydrogen (secondary N) is 1. The van der Waals surface area contributed by atoms with Crippen molar-refractivity contribution in [2.24, 2.45) is 26.6 Å². The number of amides is 2. The maximum Gasteiger partial charge on any atom is 0.418 e. The predicted octanol–water partition coefficient (Wildman–Crippen LogP) is -0.501. The van der Waals surface area contributed by atoms with Gasteiger partial charge in [0.25, 0.3) is 17.9 Å². The van der Waals surface area contributed by atoms with E-state index in [4.69, 9.17) is 31.3 Å². The number of carbonyl (C=O) groups is 3. The Morgan fingerprint density at radius 3 is 2.48 bits per heavy atom. The van der Waals surface area contributed by atoms with Gasteiger partial charge in [-0.05, 0) is 68.8 Å². The molecular weight excluding hydrogens is 674 g/mol. The minimum absolute atomic E-state index is 0.0470. The Hall–Kier alpha value is -4.96. The van der Waals surface area contributed by atoms with Gasteiger partial charge in [-0.3, -0.25) is 24.1 Å². The number of rotatable bonds is 17. The third kappa shape index (κ3) is 10.0. The Morgan fingerprint density at radius 1 is 1.25 bits per heavy atom. The van der Waals surface area contributed by atoms with Gasteiger partial charge in [-0.2, -0.15) is 13.5 Å². The van der Waals surface area contributed by atoms with Crippen LogP contribution in [0.25, 0.3) is 0 Å². The number of nitrogen functional groups attached to an aromatic ring is 1. The predicted molar refractivity (Wildman–Crippen MR) is 175 cm³/mol. The molecule has 1 fully saturated rings. The molecule has 1 aromatic carbocycles. The van der Waals surface area contributed by atoms with Gasteiger partial charge in [0, 0.05) is 19.0 Å². The molecule has 48 heavy (non-hydrogen) atoms. The Labute approximate surface area is 279 Å². The van der Waals surface area contributed by atoms with Crippen molar-refractivity contribution in [1.29, 1.82) is 0 Å². The molecule has 1 aliphatic rings. The number of hydroxylamine groups is 2. The first-order valence-corrected chi connectivity index (χ1v) is 16.2. The zero-order valence-corrected chi connectivity index (χ0v) is 27.6. The summed E-state index contributed by atoms with van der Waals surface area (Å²) in [5, 5.41) is 17.5. The molecule has 2 heterocycles. The molecular formula is C27H35N9O10S2. The zero-order valence-electron chi connectivity index (χ0n) is 26.0. The van der Waals surface area contributed by atoms with E-state index in [9.17, 15) is 27.9 Å². The van der Waals surface area contributed by atoms with Gasteiger partial charge in [-0.1, -0.05) is 5.16 Å². The summed E-state index contributed by atoms with van der Waals surface area (Å²) in [4.78, 5) is 55.2. The number of benzene rings is 1. The average molecular weight is 710 g/mol. The summed E-state index contributed by atoms with van der Waals surface area (Å²) in [6.45, 7) is 3.19. The quantitative estimate of drug-likeness (QED) is 0.0301. The van der Waals surface area contributed by atoms with E-state index in [2.05, 4.69) is 29.7 Å². The Balaban J connectivity index is 1.71. The Kier molecular flexibility index (Phi) is 12.7. The summed E-state index contributed by atoms with van der Waals surface area (Å²) < 4.78 is 41.0. The zero-order chi connectivity index (χ0) is 35.6. The third-order valence-electron chi connectivity index (χ3n) is 6.51. The molecule has 0 bridgehead atoms. The number of hydrogen-bond acceptors (Lipinski definition) is 15. The van der Waals surface area contributed by atoms with Crippen LogP contribution in [-0.4, -0.2) is 108 Å². The van der Waals surface area contributed by atoms with E-state index in [0.717, 1.165) is 11.3 Å². The fraction of sp³-hybridized carbons (Fsp3) is 0.370. The van der Waals surface area contributed by atoms with Gasteiger partial charge >= 0.3 is 16.4 Å². The van der Waals surface area contributed by atoms with Crippen LogP contribution >= 0.6 is 11.3 Å². The number of amidine groups is 1. The molecule has 19 nitrogen and oxygen atoms in total. The molecule has 0 aliphatic carbocycles. The standard InChI is InChI=1S/C27H35N9O10S2/c1-27(2)22(24(38)36(27)46-48(41,42)43)34-23(37)21(18-14-47-26(30)33-18)35-45-19(25(39)40)13-44-16-7-5-15(6-8-16)17(31-3)9-10-20(29)32-12-4-11-28/h5-10,14,19,22H,4,11-13,28H2,1-3H3,(H2,29,32)(H2,30,33)(H,34,37)(H,39,40)(H,41,42,43)/b10-9-,31-17?,35-21-/t19-,22+/m0/s1. The lowest BCUT2D eigenvalue weighted by Gasteiger charge is -2.50. The first kappa shape index (κ1) is 37.5. The number of anilines is 1. The van der Waals surface area contributed by atoms with Crippen molar-refractivity contribution in [3.05, 3.63) is 53.1 Å². The van der Waals surface area contributed by atoms with E-state index in [1.165, 1.54) is 19.2 Å². The van der Waals surface area contributed by atoms with Gasteiger partial charge in [-0.25, -0.2) is 9.78 Å². The molecule has 3 rings (SSSR count). The molecule has 0 radical (unpaired) electrons. The van der Waals surface area contributed by atoms with Crippen LogP contribution in [0.3, 0.4) is 0 Å². The molecule has 2 atom stereocenters. The molecule has 2 amide bonds. The molecule has 260 valence electrons. The fourth-order valence-corrected chi connectivity index (χ4v) is 5.00. The number of nitrogens with zero attached hydrogens (tertiary/aromatic N) is 5. The number of oxime groups is 1. The number of carboxylic acid groups (broad SMARTS) is 1. The molecule has 1 aliphatic heterocycles. The van der Waals surface area contributed by atoms with Crippen LogP contribution in [0, 0.1) is 0 Å². The first-order valence-electron chi connectivity index (χ1n) is 13.9. The van der Waals surface area contributed by atoms with Crippen LogP contribution < -0.4 is 27.3 Å². The maximum atomic E-state index is 13.2. The van der Waals surface area contributed by atoms with E-state index in [1.54, 1.807) is 43.5 Å². The molecule has 21 heteroatoms. The number of carbonyl (C=O) groups excluding carboxylic acids is 2. The van der Waals surface area contributed by atoms with E-state index in [-0.39, 0.29) is 16.6 Å². The second kappa shape index (κ2) is 16.2. The number of aliphatic carboxylic acids is 1. The number of carboxylic acids is 1. The van der Waals surface area contributed by atoms with Crippen LogP contribution in [0.1, 0.15) is 31.5 Å². The minimum Gasteiger partial charge on any atom is -0.489 e. The van der Waals surface area contributed by atoms with Crippen molar-refractivity contribution in [2.75, 3.05) is 32.5 Å². The second-order valence-electron chi connectivity index (χ2n) is 10.4. The summed E-state index contributed by atoms with van der Waals surface area (Å²) in [6, 6.07) is 5.21. The van der Waals surface area contributed by atoms with Crippen LogP contribution in [0.4, 0.5) is 5.13 Å². The number of thiazole rings is 1. The van der Waals surface area contributed by atoms with Crippen LogP contribution in [0.15, 0.2) is 56.9 Å². The Morgan fingerprint density at radius 2 is 1.94 bits per heavy atom. The number of nitrogens with two attached hydrogens (primary N) is 3. The third-order valence-corrected chi connectivity index (χ3v) is 7.52. The molecule has 0 saturated carbocycles. The molecule has 2 aromatic rings. The lowest BCUT2D eigenvalue weighted by molar-refractivity contribution is -0.218. The lowest BCUT2D eigenvalue weighted by Crippen LogP contribution is -2.76. The van der Waals surface area contributed by atoms with Crippen molar-refractivity contribution in [1.82, 2.24) is 15.4 Å². The van der Waals surface area contributed by atoms with E-state index in [1.807, 2.05) is 0 Å². The van der Waals surface area contributed by atoms with E-state index in [0.29, 0.717) is 41.7 Å². The number of hydrogen-bond donors (Lipinski definition) is 6. The SMILES string of the molecule is CN=C(/C=C\C(N)=NCCCN)c1ccc(OC[C@H](O/N=C(\C(=O)N[C@@H]2C(=O)N(OS(=O)(=O)O)C2(C)C)c2csc(N)n2)C(=O)O)cc1. The van der Waals surface area contributed by atoms with E-state index < -0.39 is 58.2 Å². The highest BCUT2D eigenvalue weighted by molar-refractivity contribution is 7.80. The normalized spacial score (nSPS) is 17.6. The number of aliphatic imine (C=N–C) groups is 2. The van der Waals surface area contributed by atoms with Gasteiger partial charge in [-0.15, -0.1) is 15.6 Å². The topological polar surface area (TPSA) is 297 Å². The smallest absolute Gasteiger partial charge is 0.418 e. The highest BCUT2D eigenvalue weighted by atomic mass is 32.3. The average Bonchev–Trinajstić information content (AvgIpc) is 3.46. The summed E-state index contributed by atoms with van der Waals surface area (Å²) in [5.41, 5.74) is 16.3. The van der Waals surface area contributed by atoms with Gasteiger partial charge in [0.15, 0.2) is 10.8 Å². The second-order valence-corrected chi connectivity index (χ2v) is 12.3. The molecule has 9 N–H and O–H groups in total. The van der Waals surface area contributed by atoms with Gasteiger partial charge in [0.2, 0.25) is 0 Å². The summed E-state index contributed by atoms with van der Waals surface area (Å²) in [7, 11) is -3.42. The summed E-state index contributed by atoms with van der Waals surface area (Å²) in [5.74, 6) is -2.91. The fourth-order valence-electron chi connectivity index (χ4n) is 3.99. The van der Waals surface area contributed by atoms with Crippen molar-refractivity contribution < 1.29 is 46.3 Å². The van der Waals surface area contributed by atoms with E-state index >= 15 is 0 Å². The van der Waals surface area contributed by atoms with Gasteiger partial charge < -0.3 is 37.2 Å². The maximum absolute atomic E-state index is 13.2. The van der Waals surface area contributed by atoms with Gasteiger partial charge in [0.1, 0.15) is 29.9 Å². The lowest BCUT2D eigenvalue weighted by atomic mass is 9.84. The number of ether oxygens (including phenoxy) is 1. The Bertz CT molecular complexity index is 1720. The summed E-state index contributed by atoms with van der Waals surface area (Å²) in [6.07, 6.45) is 2.31. The van der Waals surface area contributed by atoms with Gasteiger partial charge in [0.05, 0.1) is 11.3 Å². The van der Waals surface area contributed by atoms with Crippen molar-refractivity contribution in [3.8, 4) is 5.75 Å². The summed E-state index contributed by atoms with van der Waals surface area (Å²) >= 11 is 0.947. The highest BCUT2D eigenvalue weighted by Gasteiger charge is 2.58. The largest absolute Gasteiger partial charge is 0.489 e. The molecule has 1 aromatic heterocycles. The molecule has 0 spiro atoms. The minimum atomic E-state index is -5.03. The van der Waals surface area contributed by atoms with Crippen molar-refractivity contribution >= 4 is 61.9 Å². The highest BCUT2D eigenvalue weighted by Crippen LogP contribution is 2.33.